The predicted molar refractivity (Wildman–Crippen MR) is 85.1 cm³/mol. The number of fused-ring (bicyclic) bond motifs is 1. The van der Waals surface area contributed by atoms with Gasteiger partial charge in [-0.05, 0) is 43.1 Å². The number of methoxy groups -OCH3 is 1. The number of rotatable bonds is 3. The van der Waals surface area contributed by atoms with Gasteiger partial charge < -0.3 is 10.1 Å². The maximum Gasteiger partial charge on any atom is 0.191 e. The van der Waals surface area contributed by atoms with Gasteiger partial charge in [0, 0.05) is 11.6 Å². The highest BCUT2D eigenvalue weighted by Crippen LogP contribution is 2.40. The first-order chi connectivity index (χ1) is 9.78. The van der Waals surface area contributed by atoms with E-state index in [1.54, 1.807) is 7.11 Å². The number of hydrogen-bond acceptors (Lipinski definition) is 3. The van der Waals surface area contributed by atoms with Crippen LogP contribution in [0.2, 0.25) is 0 Å². The Hall–Kier alpha value is -1.88. The summed E-state index contributed by atoms with van der Waals surface area (Å²) in [7, 11) is 1.64. The number of hydrogen-bond donors (Lipinski definition) is 2. The minimum absolute atomic E-state index is 0.483. The molecule has 0 unspecified atom stereocenters. The molecular weight excluding hydrogens is 270 g/mol. The van der Waals surface area contributed by atoms with Crippen LogP contribution >= 0.6 is 12.2 Å². The number of para-hydroxylation sites is 2. The third kappa shape index (κ3) is 2.54. The van der Waals surface area contributed by atoms with Gasteiger partial charge in [-0.2, -0.15) is 5.10 Å². The molecule has 0 heterocycles. The van der Waals surface area contributed by atoms with Crippen molar-refractivity contribution in [3.05, 3.63) is 36.4 Å². The summed E-state index contributed by atoms with van der Waals surface area (Å²) in [6.45, 7) is 0. The zero-order valence-electron chi connectivity index (χ0n) is 11.3. The Morgan fingerprint density at radius 2 is 2.25 bits per heavy atom. The van der Waals surface area contributed by atoms with Crippen LogP contribution in [0.4, 0.5) is 5.69 Å². The van der Waals surface area contributed by atoms with Crippen molar-refractivity contribution in [2.75, 3.05) is 12.4 Å². The van der Waals surface area contributed by atoms with Crippen LogP contribution < -0.4 is 15.5 Å². The second-order valence-electron chi connectivity index (χ2n) is 5.01. The van der Waals surface area contributed by atoms with Crippen molar-refractivity contribution >= 4 is 28.7 Å². The van der Waals surface area contributed by atoms with Crippen LogP contribution in [0.5, 0.6) is 5.75 Å². The monoisotopic (exact) mass is 287 g/mol. The molecule has 0 aromatic heterocycles. The lowest BCUT2D eigenvalue weighted by Gasteiger charge is -2.31. The first-order valence-corrected chi connectivity index (χ1v) is 7.12. The summed E-state index contributed by atoms with van der Waals surface area (Å²) in [6, 6.07) is 7.65. The van der Waals surface area contributed by atoms with Crippen molar-refractivity contribution < 1.29 is 4.74 Å². The van der Waals surface area contributed by atoms with Crippen LogP contribution in [0.15, 0.2) is 41.5 Å². The van der Waals surface area contributed by atoms with Crippen molar-refractivity contribution in [1.29, 1.82) is 0 Å². The summed E-state index contributed by atoms with van der Waals surface area (Å²) in [5.74, 6) is 2.05. The normalized spacial score (nSPS) is 24.9. The van der Waals surface area contributed by atoms with E-state index in [-0.39, 0.29) is 0 Å². The molecule has 20 heavy (non-hydrogen) atoms. The van der Waals surface area contributed by atoms with Crippen LogP contribution in [0.25, 0.3) is 0 Å². The molecule has 5 heteroatoms. The molecule has 0 saturated heterocycles. The SMILES string of the molecule is COc1ccccc1NC(=S)N/N=C1\C[C@@H]2C=CC[C@@H]12. The van der Waals surface area contributed by atoms with Crippen LogP contribution in [0.3, 0.4) is 0 Å². The van der Waals surface area contributed by atoms with Crippen LogP contribution in [0.1, 0.15) is 12.8 Å². The van der Waals surface area contributed by atoms with E-state index < -0.39 is 0 Å². The molecule has 0 aliphatic heterocycles. The van der Waals surface area contributed by atoms with Gasteiger partial charge in [-0.25, -0.2) is 0 Å². The van der Waals surface area contributed by atoms with E-state index in [9.17, 15) is 0 Å². The first kappa shape index (κ1) is 13.1. The van der Waals surface area contributed by atoms with Crippen LogP contribution in [-0.4, -0.2) is 17.9 Å². The van der Waals surface area contributed by atoms with Gasteiger partial charge in [-0.15, -0.1) is 0 Å². The maximum atomic E-state index is 5.27. The Morgan fingerprint density at radius 3 is 3.05 bits per heavy atom. The lowest BCUT2D eigenvalue weighted by Crippen LogP contribution is -2.36. The molecule has 1 aromatic carbocycles. The molecular formula is C15H17N3OS. The Kier molecular flexibility index (Phi) is 3.69. The fraction of sp³-hybridized carbons (Fsp3) is 0.333. The topological polar surface area (TPSA) is 45.6 Å². The molecule has 2 aliphatic carbocycles. The summed E-state index contributed by atoms with van der Waals surface area (Å²) >= 11 is 5.25. The van der Waals surface area contributed by atoms with Gasteiger partial charge >= 0.3 is 0 Å². The molecule has 104 valence electrons. The average Bonchev–Trinajstić information content (AvgIpc) is 2.81. The molecule has 1 aromatic rings. The Balaban J connectivity index is 1.56. The number of thiocarbonyl (C=S) groups is 1. The highest BCUT2D eigenvalue weighted by molar-refractivity contribution is 7.80. The van der Waals surface area contributed by atoms with Crippen molar-refractivity contribution in [1.82, 2.24) is 5.43 Å². The summed E-state index contributed by atoms with van der Waals surface area (Å²) in [6.07, 6.45) is 6.68. The van der Waals surface area contributed by atoms with E-state index in [0.717, 1.165) is 24.3 Å². The number of anilines is 1. The van der Waals surface area contributed by atoms with Gasteiger partial charge in [-0.1, -0.05) is 24.3 Å². The number of nitrogens with one attached hydrogen (secondary N) is 2. The smallest absolute Gasteiger partial charge is 0.191 e. The molecule has 0 radical (unpaired) electrons. The van der Waals surface area contributed by atoms with E-state index in [1.807, 2.05) is 24.3 Å². The minimum Gasteiger partial charge on any atom is -0.495 e. The second kappa shape index (κ2) is 5.63. The van der Waals surface area contributed by atoms with Gasteiger partial charge in [0.15, 0.2) is 5.11 Å². The molecule has 1 fully saturated rings. The molecule has 2 atom stereocenters. The van der Waals surface area contributed by atoms with E-state index in [4.69, 9.17) is 17.0 Å². The fourth-order valence-corrected chi connectivity index (χ4v) is 2.84. The molecule has 2 N–H and O–H groups in total. The molecule has 3 rings (SSSR count). The molecule has 1 saturated carbocycles. The first-order valence-electron chi connectivity index (χ1n) is 6.71. The number of hydrazone groups is 1. The van der Waals surface area contributed by atoms with Crippen LogP contribution in [0, 0.1) is 11.8 Å². The maximum absolute atomic E-state index is 5.27. The molecule has 2 aliphatic rings. The van der Waals surface area contributed by atoms with Gasteiger partial charge in [0.05, 0.1) is 12.8 Å². The van der Waals surface area contributed by atoms with Crippen molar-refractivity contribution in [3.63, 3.8) is 0 Å². The quantitative estimate of drug-likeness (QED) is 0.510. The van der Waals surface area contributed by atoms with Gasteiger partial charge in [0.2, 0.25) is 0 Å². The third-order valence-corrected chi connectivity index (χ3v) is 4.01. The Labute approximate surface area is 123 Å². The number of ether oxygens (including phenoxy) is 1. The Morgan fingerprint density at radius 1 is 1.40 bits per heavy atom. The summed E-state index contributed by atoms with van der Waals surface area (Å²) in [5.41, 5.74) is 4.97. The Bertz CT molecular complexity index is 582. The highest BCUT2D eigenvalue weighted by atomic mass is 32.1. The van der Waals surface area contributed by atoms with E-state index in [1.165, 1.54) is 5.71 Å². The van der Waals surface area contributed by atoms with E-state index in [0.29, 0.717) is 16.9 Å². The molecule has 0 amide bonds. The van der Waals surface area contributed by atoms with Crippen molar-refractivity contribution in [3.8, 4) is 5.75 Å². The predicted octanol–water partition coefficient (Wildman–Crippen LogP) is 2.93. The standard InChI is InChI=1S/C15H17N3OS/c1-19-14-8-3-2-7-12(14)16-15(20)18-17-13-9-10-5-4-6-11(10)13/h2-5,7-8,10-11H,6,9H2,1H3,(H2,16,18,20)/b17-13+/t10-,11+/m0/s1. The summed E-state index contributed by atoms with van der Waals surface area (Å²) in [5, 5.41) is 7.99. The number of nitrogens with zero attached hydrogens (tertiary/aromatic N) is 1. The molecule has 4 nitrogen and oxygen atoms in total. The fourth-order valence-electron chi connectivity index (χ4n) is 2.68. The lowest BCUT2D eigenvalue weighted by molar-refractivity contribution is 0.417. The highest BCUT2D eigenvalue weighted by Gasteiger charge is 2.37. The summed E-state index contributed by atoms with van der Waals surface area (Å²) < 4.78 is 5.27. The largest absolute Gasteiger partial charge is 0.495 e. The summed E-state index contributed by atoms with van der Waals surface area (Å²) in [4.78, 5) is 0. The zero-order valence-corrected chi connectivity index (χ0v) is 12.1. The van der Waals surface area contributed by atoms with Crippen LogP contribution in [-0.2, 0) is 0 Å². The molecule has 0 spiro atoms. The zero-order chi connectivity index (χ0) is 13.9. The van der Waals surface area contributed by atoms with Gasteiger partial charge in [0.25, 0.3) is 0 Å². The average molecular weight is 287 g/mol. The molecule has 0 bridgehead atoms. The van der Waals surface area contributed by atoms with E-state index in [2.05, 4.69) is 28.0 Å². The number of benzene rings is 1. The van der Waals surface area contributed by atoms with Crippen molar-refractivity contribution in [2.45, 2.75) is 12.8 Å². The van der Waals surface area contributed by atoms with Crippen molar-refractivity contribution in [2.24, 2.45) is 16.9 Å². The second-order valence-corrected chi connectivity index (χ2v) is 5.42. The van der Waals surface area contributed by atoms with Gasteiger partial charge in [-0.3, -0.25) is 5.43 Å². The van der Waals surface area contributed by atoms with Gasteiger partial charge in [0.1, 0.15) is 5.75 Å². The van der Waals surface area contributed by atoms with E-state index >= 15 is 0 Å². The minimum atomic E-state index is 0.483. The third-order valence-electron chi connectivity index (χ3n) is 3.82. The lowest BCUT2D eigenvalue weighted by atomic mass is 9.74. The number of allylic oxidation sites excluding steroid dienone is 2.